The van der Waals surface area contributed by atoms with Gasteiger partial charge in [0.25, 0.3) is 0 Å². The fraction of sp³-hybridized carbons (Fsp3) is 0.956. The maximum absolute atomic E-state index is 12.0. The molecule has 26 atom stereocenters. The molecule has 9 rings (SSSR count). The summed E-state index contributed by atoms with van der Waals surface area (Å²) in [4.78, 5) is 2.95. The van der Waals surface area contributed by atoms with Gasteiger partial charge in [-0.3, -0.25) is 4.90 Å². The molecule has 342 valence electrons. The van der Waals surface area contributed by atoms with Gasteiger partial charge in [0.05, 0.1) is 24.9 Å². The lowest BCUT2D eigenvalue weighted by atomic mass is 9.47. The molecule has 9 aliphatic rings. The van der Waals surface area contributed by atoms with Gasteiger partial charge in [-0.05, 0) is 118 Å². The summed E-state index contributed by atoms with van der Waals surface area (Å²) in [6.45, 7) is 13.7. The number of fused-ring (bicyclic) bond motifs is 9. The lowest BCUT2D eigenvalue weighted by molar-refractivity contribution is -0.388. The zero-order valence-corrected chi connectivity index (χ0v) is 36.2. The van der Waals surface area contributed by atoms with Gasteiger partial charge in [-0.2, -0.15) is 0 Å². The van der Waals surface area contributed by atoms with Gasteiger partial charge in [-0.15, -0.1) is 0 Å². The maximum atomic E-state index is 12.0. The molecular weight excluding hydrogens is 778 g/mol. The van der Waals surface area contributed by atoms with Gasteiger partial charge in [0.15, 0.2) is 18.9 Å². The van der Waals surface area contributed by atoms with Gasteiger partial charge < -0.3 is 69.3 Å². The average molecular weight is 852 g/mol. The molecule has 0 radical (unpaired) electrons. The van der Waals surface area contributed by atoms with E-state index < -0.39 is 98.7 Å². The zero-order chi connectivity index (χ0) is 42.7. The molecule has 3 saturated carbocycles. The Bertz CT molecular complexity index is 1570. The van der Waals surface area contributed by atoms with Crippen molar-refractivity contribution in [3.05, 3.63) is 11.6 Å². The van der Waals surface area contributed by atoms with Crippen LogP contribution in [0.2, 0.25) is 0 Å². The third kappa shape index (κ3) is 7.11. The van der Waals surface area contributed by atoms with Crippen molar-refractivity contribution in [2.24, 2.45) is 46.3 Å². The Morgan fingerprint density at radius 3 is 1.98 bits per heavy atom. The summed E-state index contributed by atoms with van der Waals surface area (Å²) < 4.78 is 36.7. The predicted octanol–water partition coefficient (Wildman–Crippen LogP) is 1.18. The largest absolute Gasteiger partial charge is 0.394 e. The van der Waals surface area contributed by atoms with Crippen molar-refractivity contribution in [3.8, 4) is 0 Å². The van der Waals surface area contributed by atoms with Crippen molar-refractivity contribution in [3.63, 3.8) is 0 Å². The molecule has 5 heterocycles. The van der Waals surface area contributed by atoms with Gasteiger partial charge in [0.2, 0.25) is 0 Å². The molecule has 5 aliphatic heterocycles. The number of aliphatic hydroxyl groups is 8. The fourth-order valence-corrected chi connectivity index (χ4v) is 14.7. The van der Waals surface area contributed by atoms with Crippen LogP contribution in [-0.2, 0) is 28.4 Å². The van der Waals surface area contributed by atoms with Gasteiger partial charge in [-0.1, -0.05) is 39.3 Å². The highest BCUT2D eigenvalue weighted by atomic mass is 16.8. The van der Waals surface area contributed by atoms with Crippen molar-refractivity contribution in [1.82, 2.24) is 4.90 Å². The summed E-state index contributed by atoms with van der Waals surface area (Å²) in [6, 6.07) is 1.45. The summed E-state index contributed by atoms with van der Waals surface area (Å²) in [6.07, 6.45) is -9.14. The standard InChI is InChI=1S/C45H73NO14/c1-19-7-10-28-20(2)31-29(46(28)17-19)16-27-25-9-8-23-15-24(11-13-44(23,5)26(25)12-14-45(27,31)6)57-43-40(60-42-37(53)35(51)33(49)22(4)56-42)38(54)39(30(18-47)58-43)59-41-36(52)34(50)32(48)21(3)55-41/h8,19-22,24-43,47-54H,7,9-18H2,1-6H3/t19-,20+,21+,22-,24-,25?,26?,27?,28?,29?,30-,31?,32+,33-,34-,35+,36-,37+,38+,39-,40-,41+,42-,43-,44-,45-/m0/s1. The molecule has 0 aromatic carbocycles. The van der Waals surface area contributed by atoms with Gasteiger partial charge in [-0.25, -0.2) is 0 Å². The smallest absolute Gasteiger partial charge is 0.187 e. The number of aliphatic hydroxyl groups excluding tert-OH is 8. The molecule has 0 aromatic heterocycles. The second kappa shape index (κ2) is 16.5. The summed E-state index contributed by atoms with van der Waals surface area (Å²) in [5.41, 5.74) is 1.80. The summed E-state index contributed by atoms with van der Waals surface area (Å²) in [5.74, 6) is 4.26. The SMILES string of the molecule is C[C@H]1CCC2[C@@H](C)C3C(CC4C5CC=C6C[C@@H](O[C@H]7O[C@@H](CO)[C@H](O[C@H]8O[C@H](C)[C@@H](O)[C@H](O)[C@@H]8O)[C@@H](O)[C@@H]7O[C@@H]7O[C@@H](C)[C@H](O)[C@@H](O)[C@H]7O)CC[C@]6(C)C5CC[C@@]43C)N2C1. The fourth-order valence-electron chi connectivity index (χ4n) is 14.7. The first-order valence-electron chi connectivity index (χ1n) is 23.2. The van der Waals surface area contributed by atoms with Crippen LogP contribution in [0.5, 0.6) is 0 Å². The van der Waals surface area contributed by atoms with Crippen molar-refractivity contribution in [1.29, 1.82) is 0 Å². The van der Waals surface area contributed by atoms with Crippen LogP contribution in [0.25, 0.3) is 0 Å². The third-order valence-electron chi connectivity index (χ3n) is 18.0. The summed E-state index contributed by atoms with van der Waals surface area (Å²) >= 11 is 0. The van der Waals surface area contributed by atoms with Gasteiger partial charge in [0, 0.05) is 18.6 Å². The molecule has 0 bridgehead atoms. The molecular formula is C45H73NO14. The number of allylic oxidation sites excluding steroid dienone is 1. The molecule has 6 unspecified atom stereocenters. The van der Waals surface area contributed by atoms with E-state index in [4.69, 9.17) is 28.4 Å². The number of ether oxygens (including phenoxy) is 6. The van der Waals surface area contributed by atoms with Crippen molar-refractivity contribution in [2.45, 2.75) is 210 Å². The molecule has 60 heavy (non-hydrogen) atoms. The highest BCUT2D eigenvalue weighted by Crippen LogP contribution is 2.70. The normalized spacial score (nSPS) is 58.1. The van der Waals surface area contributed by atoms with Crippen LogP contribution >= 0.6 is 0 Å². The monoisotopic (exact) mass is 852 g/mol. The Hall–Kier alpha value is -0.860. The van der Waals surface area contributed by atoms with E-state index in [1.165, 1.54) is 58.1 Å². The molecule has 0 spiro atoms. The Morgan fingerprint density at radius 2 is 1.33 bits per heavy atom. The highest BCUT2D eigenvalue weighted by Gasteiger charge is 2.66. The Morgan fingerprint density at radius 1 is 0.683 bits per heavy atom. The first-order chi connectivity index (χ1) is 28.5. The number of hydrogen-bond acceptors (Lipinski definition) is 15. The quantitative estimate of drug-likeness (QED) is 0.169. The summed E-state index contributed by atoms with van der Waals surface area (Å²) in [7, 11) is 0. The van der Waals surface area contributed by atoms with Crippen LogP contribution in [0.15, 0.2) is 11.6 Å². The summed E-state index contributed by atoms with van der Waals surface area (Å²) in [5, 5.41) is 85.9. The van der Waals surface area contributed by atoms with E-state index >= 15 is 0 Å². The van der Waals surface area contributed by atoms with Crippen LogP contribution in [0.1, 0.15) is 99.3 Å². The number of piperidine rings is 1. The lowest BCUT2D eigenvalue weighted by Gasteiger charge is -2.58. The Labute approximate surface area is 354 Å². The molecule has 4 aliphatic carbocycles. The third-order valence-corrected chi connectivity index (χ3v) is 18.0. The maximum Gasteiger partial charge on any atom is 0.187 e. The molecule has 0 aromatic rings. The Kier molecular flexibility index (Phi) is 12.2. The number of rotatable bonds is 7. The molecule has 15 nitrogen and oxygen atoms in total. The van der Waals surface area contributed by atoms with E-state index in [2.05, 4.69) is 38.7 Å². The zero-order valence-electron chi connectivity index (χ0n) is 36.2. The van der Waals surface area contributed by atoms with E-state index in [-0.39, 0.29) is 11.5 Å². The molecule has 5 saturated heterocycles. The van der Waals surface area contributed by atoms with Crippen molar-refractivity contribution in [2.75, 3.05) is 13.2 Å². The van der Waals surface area contributed by atoms with Crippen molar-refractivity contribution < 1.29 is 69.3 Å². The topological polar surface area (TPSA) is 220 Å². The Balaban J connectivity index is 0.927. The predicted molar refractivity (Wildman–Crippen MR) is 214 cm³/mol. The van der Waals surface area contributed by atoms with Crippen LogP contribution in [0.4, 0.5) is 0 Å². The lowest BCUT2D eigenvalue weighted by Crippen LogP contribution is -2.66. The van der Waals surface area contributed by atoms with Crippen LogP contribution in [-0.4, -0.2) is 169 Å². The van der Waals surface area contributed by atoms with E-state index in [0.29, 0.717) is 35.6 Å². The molecule has 8 N–H and O–H groups in total. The molecule has 0 amide bonds. The number of hydrogen-bond donors (Lipinski definition) is 8. The second-order valence-electron chi connectivity index (χ2n) is 21.2. The van der Waals surface area contributed by atoms with Gasteiger partial charge in [0.1, 0.15) is 61.0 Å². The minimum Gasteiger partial charge on any atom is -0.394 e. The van der Waals surface area contributed by atoms with Crippen molar-refractivity contribution >= 4 is 0 Å². The van der Waals surface area contributed by atoms with Crippen LogP contribution in [0.3, 0.4) is 0 Å². The molecule has 15 heteroatoms. The molecule has 8 fully saturated rings. The minimum atomic E-state index is -1.70. The highest BCUT2D eigenvalue weighted by molar-refractivity contribution is 5.27. The van der Waals surface area contributed by atoms with E-state index in [0.717, 1.165) is 43.1 Å². The van der Waals surface area contributed by atoms with Gasteiger partial charge >= 0.3 is 0 Å². The van der Waals surface area contributed by atoms with Crippen LogP contribution < -0.4 is 0 Å². The number of nitrogens with zero attached hydrogens (tertiary/aromatic N) is 1. The first-order valence-corrected chi connectivity index (χ1v) is 23.2. The first kappa shape index (κ1) is 44.3. The van der Waals surface area contributed by atoms with E-state index in [9.17, 15) is 40.9 Å². The average Bonchev–Trinajstić information content (AvgIpc) is 3.69. The van der Waals surface area contributed by atoms with E-state index in [1.54, 1.807) is 0 Å². The second-order valence-corrected chi connectivity index (χ2v) is 21.2. The minimum absolute atomic E-state index is 0.0360. The van der Waals surface area contributed by atoms with E-state index in [1.807, 2.05) is 0 Å². The van der Waals surface area contributed by atoms with Crippen LogP contribution in [0, 0.1) is 46.3 Å².